The molecule has 0 N–H and O–H groups in total. The summed E-state index contributed by atoms with van der Waals surface area (Å²) in [4.78, 5) is 29.3. The third-order valence-electron chi connectivity index (χ3n) is 9.90. The summed E-state index contributed by atoms with van der Waals surface area (Å²) in [6.45, 7) is 0. The Labute approximate surface area is 266 Å². The van der Waals surface area contributed by atoms with Crippen molar-refractivity contribution in [3.8, 4) is 0 Å². The zero-order chi connectivity index (χ0) is 30.8. The Bertz CT molecular complexity index is 2090. The summed E-state index contributed by atoms with van der Waals surface area (Å²) in [5, 5.41) is 0. The zero-order valence-corrected chi connectivity index (χ0v) is 25.2. The lowest BCUT2D eigenvalue weighted by atomic mass is 9.94. The highest BCUT2D eigenvalue weighted by Crippen LogP contribution is 2.39. The van der Waals surface area contributed by atoms with Gasteiger partial charge in [0, 0.05) is 35.4 Å². The molecular weight excluding hydrogens is 568 g/mol. The molecule has 0 fully saturated rings. The summed E-state index contributed by atoms with van der Waals surface area (Å²) >= 11 is 0. The van der Waals surface area contributed by atoms with Gasteiger partial charge in [-0.3, -0.25) is 19.0 Å². The number of aromatic nitrogens is 4. The third-order valence-corrected chi connectivity index (χ3v) is 9.90. The third kappa shape index (κ3) is 3.96. The molecule has 2 aliphatic heterocycles. The first kappa shape index (κ1) is 26.8. The first-order valence-corrected chi connectivity index (χ1v) is 15.9. The van der Waals surface area contributed by atoms with Crippen molar-refractivity contribution in [2.75, 3.05) is 0 Å². The van der Waals surface area contributed by atoms with E-state index in [2.05, 4.69) is 82.2 Å². The van der Waals surface area contributed by atoms with Crippen molar-refractivity contribution in [2.24, 2.45) is 0 Å². The normalized spacial score (nSPS) is 20.9. The maximum absolute atomic E-state index is 14.6. The zero-order valence-electron chi connectivity index (χ0n) is 25.2. The summed E-state index contributed by atoms with van der Waals surface area (Å²) in [5.41, 5.74) is 7.75. The van der Waals surface area contributed by atoms with Crippen LogP contribution >= 0.6 is 0 Å². The van der Waals surface area contributed by atoms with Crippen molar-refractivity contribution in [1.29, 1.82) is 0 Å². The van der Waals surface area contributed by atoms with Gasteiger partial charge in [-0.05, 0) is 22.3 Å². The van der Waals surface area contributed by atoms with Crippen LogP contribution < -0.4 is 11.1 Å². The van der Waals surface area contributed by atoms with Crippen molar-refractivity contribution >= 4 is 0 Å². The van der Waals surface area contributed by atoms with E-state index in [-0.39, 0.29) is 35.3 Å². The molecule has 0 saturated carbocycles. The highest BCUT2D eigenvalue weighted by molar-refractivity contribution is 5.45. The largest absolute Gasteiger partial charge is 0.274 e. The molecule has 4 heterocycles. The van der Waals surface area contributed by atoms with E-state index in [1.165, 1.54) is 0 Å². The fourth-order valence-electron chi connectivity index (χ4n) is 7.80. The topological polar surface area (TPSA) is 53.9 Å². The second kappa shape index (κ2) is 10.5. The monoisotopic (exact) mass is 600 g/mol. The average molecular weight is 601 g/mol. The molecule has 6 aromatic rings. The Morgan fingerprint density at radius 3 is 0.913 bits per heavy atom. The van der Waals surface area contributed by atoms with E-state index in [9.17, 15) is 9.59 Å². The second-order valence-electron chi connectivity index (χ2n) is 12.4. The van der Waals surface area contributed by atoms with Crippen LogP contribution in [0.5, 0.6) is 0 Å². The first-order chi connectivity index (χ1) is 22.7. The van der Waals surface area contributed by atoms with Crippen molar-refractivity contribution in [3.05, 3.63) is 211 Å². The molecule has 0 saturated heterocycles. The van der Waals surface area contributed by atoms with Gasteiger partial charge in [0.15, 0.2) is 0 Å². The molecule has 4 unspecified atom stereocenters. The Hall–Kier alpha value is -5.62. The van der Waals surface area contributed by atoms with Gasteiger partial charge in [-0.15, -0.1) is 0 Å². The van der Waals surface area contributed by atoms with E-state index in [0.717, 1.165) is 44.8 Å². The van der Waals surface area contributed by atoms with Gasteiger partial charge in [0.25, 0.3) is 11.1 Å². The molecule has 4 atom stereocenters. The number of fused-ring (bicyclic) bond motifs is 6. The molecule has 6 heteroatoms. The Morgan fingerprint density at radius 2 is 0.630 bits per heavy atom. The summed E-state index contributed by atoms with van der Waals surface area (Å²) in [5.74, 6) is 0. The minimum atomic E-state index is -0.237. The van der Waals surface area contributed by atoms with Gasteiger partial charge < -0.3 is 0 Å². The van der Waals surface area contributed by atoms with E-state index >= 15 is 0 Å². The summed E-state index contributed by atoms with van der Waals surface area (Å²) < 4.78 is 8.21. The second-order valence-corrected chi connectivity index (χ2v) is 12.4. The molecule has 6 nitrogen and oxygen atoms in total. The van der Waals surface area contributed by atoms with Crippen LogP contribution in [-0.4, -0.2) is 18.7 Å². The van der Waals surface area contributed by atoms with E-state index in [0.29, 0.717) is 12.8 Å². The quantitative estimate of drug-likeness (QED) is 0.214. The maximum Gasteiger partial charge on any atom is 0.271 e. The SMILES string of the molecule is O=c1c2c(n3n1C(c1ccccc1)C=CC3c1ccccc1)Cc1c(n3n(c1=O)C(c1ccccc1)C=CC3c1ccccc1)C2. The Kier molecular flexibility index (Phi) is 6.10. The molecular formula is C40H32N4O2. The molecule has 0 radical (unpaired) electrons. The van der Waals surface area contributed by atoms with Crippen LogP contribution in [0.2, 0.25) is 0 Å². The lowest BCUT2D eigenvalue weighted by molar-refractivity contribution is 0.401. The molecule has 2 aromatic heterocycles. The Balaban J connectivity index is 1.26. The van der Waals surface area contributed by atoms with Crippen LogP contribution in [0.25, 0.3) is 0 Å². The maximum atomic E-state index is 14.6. The van der Waals surface area contributed by atoms with Crippen LogP contribution in [0.4, 0.5) is 0 Å². The van der Waals surface area contributed by atoms with Crippen LogP contribution in [0, 0.1) is 0 Å². The molecule has 224 valence electrons. The standard InChI is InChI=1S/C40H32N4O2/c45-39-31-26-38-32(40(46)44-36(30-19-11-4-12-20-30)24-22-34(42(38)44)28-15-7-2-8-16-28)25-37(31)41-33(27-13-5-1-6-14-27)21-23-35(43(39)41)29-17-9-3-10-18-29/h1-24,33-36H,25-26H2. The van der Waals surface area contributed by atoms with Gasteiger partial charge in [0.2, 0.25) is 0 Å². The van der Waals surface area contributed by atoms with Gasteiger partial charge in [-0.25, -0.2) is 9.36 Å². The highest BCUT2D eigenvalue weighted by atomic mass is 16.1. The number of hydrogen-bond acceptors (Lipinski definition) is 2. The predicted octanol–water partition coefficient (Wildman–Crippen LogP) is 6.61. The average Bonchev–Trinajstić information content (AvgIpc) is 3.58. The summed E-state index contributed by atoms with van der Waals surface area (Å²) in [6.07, 6.45) is 9.53. The van der Waals surface area contributed by atoms with E-state index in [4.69, 9.17) is 0 Å². The highest BCUT2D eigenvalue weighted by Gasteiger charge is 2.39. The molecule has 0 amide bonds. The summed E-state index contributed by atoms with van der Waals surface area (Å²) in [7, 11) is 0. The molecule has 0 bridgehead atoms. The van der Waals surface area contributed by atoms with Crippen LogP contribution in [0.1, 0.15) is 68.9 Å². The van der Waals surface area contributed by atoms with Gasteiger partial charge >= 0.3 is 0 Å². The van der Waals surface area contributed by atoms with Crippen molar-refractivity contribution in [3.63, 3.8) is 0 Å². The van der Waals surface area contributed by atoms with Crippen LogP contribution in [-0.2, 0) is 12.8 Å². The van der Waals surface area contributed by atoms with Gasteiger partial charge in [-0.2, -0.15) is 0 Å². The number of rotatable bonds is 4. The van der Waals surface area contributed by atoms with Crippen molar-refractivity contribution in [1.82, 2.24) is 18.7 Å². The van der Waals surface area contributed by atoms with Crippen LogP contribution in [0.15, 0.2) is 155 Å². The smallest absolute Gasteiger partial charge is 0.271 e. The molecule has 1 aliphatic carbocycles. The van der Waals surface area contributed by atoms with Gasteiger partial charge in [-0.1, -0.05) is 146 Å². The van der Waals surface area contributed by atoms with Crippen molar-refractivity contribution < 1.29 is 0 Å². The number of hydrogen-bond donors (Lipinski definition) is 0. The van der Waals surface area contributed by atoms with E-state index in [1.807, 2.05) is 82.2 Å². The minimum absolute atomic E-state index is 0.00926. The predicted molar refractivity (Wildman–Crippen MR) is 180 cm³/mol. The summed E-state index contributed by atoms with van der Waals surface area (Å²) in [6, 6.07) is 40.2. The Morgan fingerprint density at radius 1 is 0.370 bits per heavy atom. The lowest BCUT2D eigenvalue weighted by Gasteiger charge is -2.32. The number of benzene rings is 4. The van der Waals surface area contributed by atoms with Gasteiger partial charge in [0.1, 0.15) is 0 Å². The molecule has 46 heavy (non-hydrogen) atoms. The van der Waals surface area contributed by atoms with E-state index in [1.54, 1.807) is 0 Å². The molecule has 0 spiro atoms. The lowest BCUT2D eigenvalue weighted by Crippen LogP contribution is -2.34. The molecule has 9 rings (SSSR count). The van der Waals surface area contributed by atoms with Gasteiger partial charge in [0.05, 0.1) is 24.2 Å². The van der Waals surface area contributed by atoms with Crippen LogP contribution in [0.3, 0.4) is 0 Å². The fourth-order valence-corrected chi connectivity index (χ4v) is 7.80. The molecule has 3 aliphatic rings. The van der Waals surface area contributed by atoms with Crippen molar-refractivity contribution in [2.45, 2.75) is 37.0 Å². The molecule has 4 aromatic carbocycles. The van der Waals surface area contributed by atoms with E-state index < -0.39 is 0 Å². The minimum Gasteiger partial charge on any atom is -0.274 e. The number of nitrogens with zero attached hydrogens (tertiary/aromatic N) is 4. The fraction of sp³-hybridized carbons (Fsp3) is 0.150. The first-order valence-electron chi connectivity index (χ1n) is 15.9. The number of allylic oxidation sites excluding steroid dienone is 4.